The second-order valence-electron chi connectivity index (χ2n) is 7.53. The lowest BCUT2D eigenvalue weighted by molar-refractivity contribution is -0.901. The predicted molar refractivity (Wildman–Crippen MR) is 97.0 cm³/mol. The van der Waals surface area contributed by atoms with E-state index in [2.05, 4.69) is 0 Å². The molecule has 1 heterocycles. The number of amides is 2. The zero-order valence-corrected chi connectivity index (χ0v) is 16.1. The van der Waals surface area contributed by atoms with E-state index >= 15 is 0 Å². The molecule has 0 aromatic heterocycles. The topological polar surface area (TPSA) is 60.3 Å². The van der Waals surface area contributed by atoms with Gasteiger partial charge in [0.05, 0.1) is 33.1 Å². The molecule has 6 nitrogen and oxygen atoms in total. The Morgan fingerprint density at radius 3 is 2.12 bits per heavy atom. The fourth-order valence-electron chi connectivity index (χ4n) is 4.25. The zero-order valence-electron chi connectivity index (χ0n) is 16.1. The van der Waals surface area contributed by atoms with E-state index in [-0.39, 0.29) is 23.7 Å². The van der Waals surface area contributed by atoms with Crippen molar-refractivity contribution < 1.29 is 24.0 Å². The number of carbonyl (C=O) groups excluding carboxylic acids is 2. The number of ether oxygens (including phenoxy) is 2. The maximum absolute atomic E-state index is 12.6. The Bertz CT molecular complexity index is 679. The molecule has 0 radical (unpaired) electrons. The second-order valence-corrected chi connectivity index (χ2v) is 7.53. The quantitative estimate of drug-likeness (QED) is 0.773. The van der Waals surface area contributed by atoms with Crippen molar-refractivity contribution in [2.45, 2.75) is 39.2 Å². The standard InChI is InChI=1S/C20H28N2O4/c1-13-9-17(25-3)18(26-4)10-14(13)11-21(2)12-22-19(23)15-7-5-6-8-16(15)20(22)24/h9-10,15-16H,5-8,11-12H2,1-4H3/p+1/t15-,16+. The number of likely N-dealkylation sites (tertiary alicyclic amines) is 1. The van der Waals surface area contributed by atoms with Gasteiger partial charge in [0.1, 0.15) is 6.54 Å². The van der Waals surface area contributed by atoms with Gasteiger partial charge in [-0.05, 0) is 37.5 Å². The van der Waals surface area contributed by atoms with Gasteiger partial charge in [-0.15, -0.1) is 0 Å². The number of nitrogens with one attached hydrogen (secondary N) is 1. The summed E-state index contributed by atoms with van der Waals surface area (Å²) in [5.74, 6) is 1.31. The highest BCUT2D eigenvalue weighted by Gasteiger charge is 2.49. The highest BCUT2D eigenvalue weighted by atomic mass is 16.5. The Hall–Kier alpha value is -2.08. The number of nitrogens with zero attached hydrogens (tertiary/aromatic N) is 1. The van der Waals surface area contributed by atoms with Crippen LogP contribution in [0.1, 0.15) is 36.8 Å². The predicted octanol–water partition coefficient (Wildman–Crippen LogP) is 1.16. The molecule has 142 valence electrons. The average Bonchev–Trinajstić information content (AvgIpc) is 2.88. The van der Waals surface area contributed by atoms with Gasteiger partial charge in [-0.3, -0.25) is 9.59 Å². The Labute approximate surface area is 155 Å². The van der Waals surface area contributed by atoms with Crippen molar-refractivity contribution in [3.8, 4) is 11.5 Å². The van der Waals surface area contributed by atoms with E-state index in [4.69, 9.17) is 9.47 Å². The van der Waals surface area contributed by atoms with Crippen LogP contribution in [0.2, 0.25) is 0 Å². The molecule has 1 unspecified atom stereocenters. The second kappa shape index (κ2) is 7.66. The lowest BCUT2D eigenvalue weighted by Gasteiger charge is -2.22. The van der Waals surface area contributed by atoms with Crippen LogP contribution >= 0.6 is 0 Å². The van der Waals surface area contributed by atoms with E-state index in [0.29, 0.717) is 24.7 Å². The first-order valence-corrected chi connectivity index (χ1v) is 9.34. The first-order valence-electron chi connectivity index (χ1n) is 9.34. The third-order valence-corrected chi connectivity index (χ3v) is 5.69. The molecular weight excluding hydrogens is 332 g/mol. The summed E-state index contributed by atoms with van der Waals surface area (Å²) < 4.78 is 10.7. The number of hydrogen-bond acceptors (Lipinski definition) is 4. The summed E-state index contributed by atoms with van der Waals surface area (Å²) in [5, 5.41) is 0. The third kappa shape index (κ3) is 3.43. The molecule has 6 heteroatoms. The van der Waals surface area contributed by atoms with Crippen LogP contribution in [-0.2, 0) is 16.1 Å². The molecule has 2 amide bonds. The van der Waals surface area contributed by atoms with Crippen molar-refractivity contribution in [3.05, 3.63) is 23.3 Å². The van der Waals surface area contributed by atoms with Crippen LogP contribution in [0.5, 0.6) is 11.5 Å². The highest BCUT2D eigenvalue weighted by Crippen LogP contribution is 2.37. The van der Waals surface area contributed by atoms with Crippen molar-refractivity contribution in [2.24, 2.45) is 11.8 Å². The molecule has 1 N–H and O–H groups in total. The molecule has 1 aliphatic heterocycles. The molecule has 1 aliphatic carbocycles. The van der Waals surface area contributed by atoms with Gasteiger partial charge in [-0.25, -0.2) is 4.90 Å². The number of fused-ring (bicyclic) bond motifs is 1. The summed E-state index contributed by atoms with van der Waals surface area (Å²) in [6.07, 6.45) is 3.84. The Balaban J connectivity index is 1.70. The number of benzene rings is 1. The van der Waals surface area contributed by atoms with Gasteiger partial charge in [0.15, 0.2) is 18.2 Å². The van der Waals surface area contributed by atoms with Crippen LogP contribution in [0.25, 0.3) is 0 Å². The van der Waals surface area contributed by atoms with Crippen LogP contribution in [0.4, 0.5) is 0 Å². The van der Waals surface area contributed by atoms with E-state index in [0.717, 1.165) is 41.7 Å². The molecule has 1 aromatic rings. The van der Waals surface area contributed by atoms with Crippen LogP contribution in [-0.4, -0.2) is 44.7 Å². The van der Waals surface area contributed by atoms with Crippen molar-refractivity contribution in [2.75, 3.05) is 27.9 Å². The summed E-state index contributed by atoms with van der Waals surface area (Å²) >= 11 is 0. The average molecular weight is 361 g/mol. The highest BCUT2D eigenvalue weighted by molar-refractivity contribution is 6.05. The third-order valence-electron chi connectivity index (χ3n) is 5.69. The van der Waals surface area contributed by atoms with Gasteiger partial charge in [0, 0.05) is 5.56 Å². The summed E-state index contributed by atoms with van der Waals surface area (Å²) in [6, 6.07) is 3.94. The monoisotopic (exact) mass is 361 g/mol. The normalized spacial score (nSPS) is 23.8. The van der Waals surface area contributed by atoms with Crippen LogP contribution in [0.3, 0.4) is 0 Å². The van der Waals surface area contributed by atoms with Gasteiger partial charge < -0.3 is 14.4 Å². The molecule has 1 saturated heterocycles. The lowest BCUT2D eigenvalue weighted by Crippen LogP contribution is -3.09. The molecule has 2 aliphatic rings. The van der Waals surface area contributed by atoms with Gasteiger partial charge in [0.25, 0.3) is 0 Å². The largest absolute Gasteiger partial charge is 0.493 e. The molecule has 1 saturated carbocycles. The molecule has 26 heavy (non-hydrogen) atoms. The van der Waals surface area contributed by atoms with Crippen LogP contribution in [0.15, 0.2) is 12.1 Å². The molecular formula is C20H29N2O4+. The maximum Gasteiger partial charge on any atom is 0.237 e. The number of rotatable bonds is 6. The summed E-state index contributed by atoms with van der Waals surface area (Å²) in [7, 11) is 5.26. The first-order chi connectivity index (χ1) is 12.5. The number of methoxy groups -OCH3 is 2. The molecule has 3 rings (SSSR count). The summed E-state index contributed by atoms with van der Waals surface area (Å²) in [6.45, 7) is 3.16. The van der Waals surface area contributed by atoms with Crippen molar-refractivity contribution in [3.63, 3.8) is 0 Å². The van der Waals surface area contributed by atoms with E-state index in [1.807, 2.05) is 26.1 Å². The minimum absolute atomic E-state index is 0.0306. The van der Waals surface area contributed by atoms with Crippen molar-refractivity contribution >= 4 is 11.8 Å². The maximum atomic E-state index is 12.6. The minimum Gasteiger partial charge on any atom is -0.493 e. The SMILES string of the molecule is COc1cc(C)c(C[NH+](C)CN2C(=O)[C@H]3CCCC[C@H]3C2=O)cc1OC. The number of aryl methyl sites for hydroxylation is 1. The van der Waals surface area contributed by atoms with Crippen molar-refractivity contribution in [1.82, 2.24) is 4.90 Å². The van der Waals surface area contributed by atoms with E-state index < -0.39 is 0 Å². The number of hydrogen-bond donors (Lipinski definition) is 1. The van der Waals surface area contributed by atoms with Gasteiger partial charge in [-0.2, -0.15) is 0 Å². The lowest BCUT2D eigenvalue weighted by atomic mass is 9.81. The minimum atomic E-state index is -0.0770. The molecule has 3 atom stereocenters. The molecule has 2 fully saturated rings. The molecule has 0 bridgehead atoms. The number of imide groups is 1. The van der Waals surface area contributed by atoms with Gasteiger partial charge in [0.2, 0.25) is 11.8 Å². The Kier molecular flexibility index (Phi) is 5.51. The molecule has 1 aromatic carbocycles. The first kappa shape index (κ1) is 18.7. The van der Waals surface area contributed by atoms with Crippen molar-refractivity contribution in [1.29, 1.82) is 0 Å². The van der Waals surface area contributed by atoms with Crippen LogP contribution < -0.4 is 14.4 Å². The number of quaternary nitrogens is 1. The summed E-state index contributed by atoms with van der Waals surface area (Å²) in [5.41, 5.74) is 2.23. The van der Waals surface area contributed by atoms with E-state index in [1.54, 1.807) is 14.2 Å². The summed E-state index contributed by atoms with van der Waals surface area (Å²) in [4.78, 5) is 27.9. The van der Waals surface area contributed by atoms with Gasteiger partial charge in [-0.1, -0.05) is 12.8 Å². The van der Waals surface area contributed by atoms with E-state index in [9.17, 15) is 9.59 Å². The smallest absolute Gasteiger partial charge is 0.237 e. The Morgan fingerprint density at radius 1 is 1.04 bits per heavy atom. The Morgan fingerprint density at radius 2 is 1.58 bits per heavy atom. The van der Waals surface area contributed by atoms with Gasteiger partial charge >= 0.3 is 0 Å². The zero-order chi connectivity index (χ0) is 18.8. The fraction of sp³-hybridized carbons (Fsp3) is 0.600. The molecule has 0 spiro atoms. The number of carbonyl (C=O) groups is 2. The van der Waals surface area contributed by atoms with E-state index in [1.165, 1.54) is 4.90 Å². The fourth-order valence-corrected chi connectivity index (χ4v) is 4.25. The van der Waals surface area contributed by atoms with Crippen LogP contribution in [0, 0.1) is 18.8 Å².